The molecular weight excluding hydrogens is 256 g/mol. The number of carbonyl (C=O) groups is 2. The molecule has 1 aliphatic rings. The predicted molar refractivity (Wildman–Crippen MR) is 76.7 cm³/mol. The van der Waals surface area contributed by atoms with Gasteiger partial charge in [-0.2, -0.15) is 0 Å². The molecule has 0 aromatic heterocycles. The minimum atomic E-state index is -0.190. The number of amides is 2. The molecule has 0 radical (unpaired) electrons. The van der Waals surface area contributed by atoms with Gasteiger partial charge < -0.3 is 15.0 Å². The second-order valence-corrected chi connectivity index (χ2v) is 4.87. The third-order valence-corrected chi connectivity index (χ3v) is 3.39. The van der Waals surface area contributed by atoms with Crippen molar-refractivity contribution in [3.05, 3.63) is 24.3 Å². The molecule has 0 bridgehead atoms. The number of rotatable bonds is 4. The van der Waals surface area contributed by atoms with Crippen molar-refractivity contribution in [1.29, 1.82) is 0 Å². The Morgan fingerprint density at radius 1 is 1.30 bits per heavy atom. The smallest absolute Gasteiger partial charge is 0.244 e. The van der Waals surface area contributed by atoms with Crippen LogP contribution < -0.4 is 10.1 Å². The van der Waals surface area contributed by atoms with Crippen LogP contribution in [0.3, 0.4) is 0 Å². The van der Waals surface area contributed by atoms with Crippen molar-refractivity contribution in [2.24, 2.45) is 0 Å². The van der Waals surface area contributed by atoms with Crippen LogP contribution in [-0.4, -0.2) is 36.9 Å². The minimum Gasteiger partial charge on any atom is -0.495 e. The summed E-state index contributed by atoms with van der Waals surface area (Å²) < 4.78 is 5.18. The van der Waals surface area contributed by atoms with Crippen LogP contribution in [0.1, 0.15) is 25.7 Å². The Labute approximate surface area is 118 Å². The molecule has 108 valence electrons. The largest absolute Gasteiger partial charge is 0.495 e. The zero-order chi connectivity index (χ0) is 14.4. The predicted octanol–water partition coefficient (Wildman–Crippen LogP) is 2.04. The van der Waals surface area contributed by atoms with Crippen LogP contribution in [0, 0.1) is 0 Å². The van der Waals surface area contributed by atoms with E-state index in [4.69, 9.17) is 4.74 Å². The number of nitrogens with one attached hydrogen (secondary N) is 1. The fourth-order valence-corrected chi connectivity index (χ4v) is 2.32. The lowest BCUT2D eigenvalue weighted by molar-refractivity contribution is -0.134. The average molecular weight is 276 g/mol. The Morgan fingerprint density at radius 3 is 2.90 bits per heavy atom. The van der Waals surface area contributed by atoms with Gasteiger partial charge in [-0.3, -0.25) is 9.59 Å². The van der Waals surface area contributed by atoms with Crippen molar-refractivity contribution >= 4 is 17.5 Å². The molecule has 1 aliphatic heterocycles. The maximum absolute atomic E-state index is 12.0. The Morgan fingerprint density at radius 2 is 2.10 bits per heavy atom. The van der Waals surface area contributed by atoms with Crippen LogP contribution in [0.15, 0.2) is 24.3 Å². The van der Waals surface area contributed by atoms with Gasteiger partial charge >= 0.3 is 0 Å². The van der Waals surface area contributed by atoms with Crippen molar-refractivity contribution in [1.82, 2.24) is 4.90 Å². The van der Waals surface area contributed by atoms with Gasteiger partial charge in [-0.25, -0.2) is 0 Å². The van der Waals surface area contributed by atoms with E-state index in [1.807, 2.05) is 12.1 Å². The first-order chi connectivity index (χ1) is 9.70. The SMILES string of the molecule is COc1ccccc1NC(=O)CN1CCCCCC1=O. The molecule has 1 aromatic carbocycles. The lowest BCUT2D eigenvalue weighted by atomic mass is 10.2. The summed E-state index contributed by atoms with van der Waals surface area (Å²) in [6.45, 7) is 0.773. The first-order valence-electron chi connectivity index (χ1n) is 6.91. The molecule has 20 heavy (non-hydrogen) atoms. The number of likely N-dealkylation sites (tertiary alicyclic amines) is 1. The fraction of sp³-hybridized carbons (Fsp3) is 0.467. The van der Waals surface area contributed by atoms with E-state index in [9.17, 15) is 9.59 Å². The van der Waals surface area contributed by atoms with Crippen LogP contribution in [0.2, 0.25) is 0 Å². The van der Waals surface area contributed by atoms with Crippen LogP contribution in [0.25, 0.3) is 0 Å². The van der Waals surface area contributed by atoms with Gasteiger partial charge in [0.2, 0.25) is 11.8 Å². The second kappa shape index (κ2) is 6.93. The number of para-hydroxylation sites is 2. The Hall–Kier alpha value is -2.04. The molecule has 1 N–H and O–H groups in total. The Bertz CT molecular complexity index is 488. The van der Waals surface area contributed by atoms with Crippen molar-refractivity contribution in [3.8, 4) is 5.75 Å². The molecule has 0 spiro atoms. The number of carbonyl (C=O) groups excluding carboxylic acids is 2. The first kappa shape index (κ1) is 14.4. The summed E-state index contributed by atoms with van der Waals surface area (Å²) in [5.41, 5.74) is 0.627. The maximum atomic E-state index is 12.0. The van der Waals surface area contributed by atoms with Crippen molar-refractivity contribution in [2.45, 2.75) is 25.7 Å². The average Bonchev–Trinajstić information content (AvgIpc) is 2.65. The number of hydrogen-bond donors (Lipinski definition) is 1. The maximum Gasteiger partial charge on any atom is 0.244 e. The van der Waals surface area contributed by atoms with Crippen LogP contribution >= 0.6 is 0 Å². The zero-order valence-electron chi connectivity index (χ0n) is 11.7. The summed E-state index contributed by atoms with van der Waals surface area (Å²) in [7, 11) is 1.56. The number of ether oxygens (including phenoxy) is 1. The van der Waals surface area contributed by atoms with E-state index in [1.165, 1.54) is 0 Å². The number of hydrogen-bond acceptors (Lipinski definition) is 3. The van der Waals surface area contributed by atoms with Crippen LogP contribution in [-0.2, 0) is 9.59 Å². The molecule has 1 heterocycles. The molecule has 0 unspecified atom stereocenters. The van der Waals surface area contributed by atoms with Gasteiger partial charge in [0.15, 0.2) is 0 Å². The fourth-order valence-electron chi connectivity index (χ4n) is 2.32. The third-order valence-electron chi connectivity index (χ3n) is 3.39. The summed E-state index contributed by atoms with van der Waals surface area (Å²) in [5.74, 6) is 0.491. The summed E-state index contributed by atoms with van der Waals surface area (Å²) in [5, 5.41) is 2.79. The van der Waals surface area contributed by atoms with Crippen molar-refractivity contribution in [3.63, 3.8) is 0 Å². The highest BCUT2D eigenvalue weighted by atomic mass is 16.5. The van der Waals surface area contributed by atoms with Crippen LogP contribution in [0.4, 0.5) is 5.69 Å². The normalized spacial score (nSPS) is 15.7. The highest BCUT2D eigenvalue weighted by Crippen LogP contribution is 2.23. The molecule has 1 saturated heterocycles. The molecule has 1 aromatic rings. The highest BCUT2D eigenvalue weighted by Gasteiger charge is 2.19. The summed E-state index contributed by atoms with van der Waals surface area (Å²) in [4.78, 5) is 25.5. The molecule has 5 heteroatoms. The van der Waals surface area contributed by atoms with E-state index in [-0.39, 0.29) is 18.4 Å². The number of methoxy groups -OCH3 is 1. The number of nitrogens with zero attached hydrogens (tertiary/aromatic N) is 1. The summed E-state index contributed by atoms with van der Waals surface area (Å²) in [6.07, 6.45) is 3.48. The molecule has 0 saturated carbocycles. The molecule has 5 nitrogen and oxygen atoms in total. The molecule has 0 atom stereocenters. The van der Waals surface area contributed by atoms with Crippen molar-refractivity contribution < 1.29 is 14.3 Å². The van der Waals surface area contributed by atoms with E-state index in [2.05, 4.69) is 5.32 Å². The summed E-state index contributed by atoms with van der Waals surface area (Å²) >= 11 is 0. The van der Waals surface area contributed by atoms with Gasteiger partial charge in [-0.15, -0.1) is 0 Å². The molecule has 2 amide bonds. The standard InChI is InChI=1S/C15H20N2O3/c1-20-13-8-5-4-7-12(13)16-14(18)11-17-10-6-2-3-9-15(17)19/h4-5,7-8H,2-3,6,9-11H2,1H3,(H,16,18). The van der Waals surface area contributed by atoms with E-state index in [1.54, 1.807) is 24.1 Å². The minimum absolute atomic E-state index is 0.0673. The van der Waals surface area contributed by atoms with Gasteiger partial charge in [0.05, 0.1) is 19.3 Å². The number of benzene rings is 1. The molecular formula is C15H20N2O3. The van der Waals surface area contributed by atoms with E-state index < -0.39 is 0 Å². The quantitative estimate of drug-likeness (QED) is 0.915. The summed E-state index contributed by atoms with van der Waals surface area (Å²) in [6, 6.07) is 7.23. The van der Waals surface area contributed by atoms with Gasteiger partial charge in [0.1, 0.15) is 5.75 Å². The molecule has 0 aliphatic carbocycles. The first-order valence-corrected chi connectivity index (χ1v) is 6.91. The van der Waals surface area contributed by atoms with Crippen molar-refractivity contribution in [2.75, 3.05) is 25.5 Å². The van der Waals surface area contributed by atoms with Gasteiger partial charge in [0.25, 0.3) is 0 Å². The lowest BCUT2D eigenvalue weighted by Gasteiger charge is -2.20. The third kappa shape index (κ3) is 3.73. The monoisotopic (exact) mass is 276 g/mol. The van der Waals surface area contributed by atoms with Gasteiger partial charge in [0, 0.05) is 13.0 Å². The topological polar surface area (TPSA) is 58.6 Å². The Kier molecular flexibility index (Phi) is 4.98. The zero-order valence-corrected chi connectivity index (χ0v) is 11.7. The number of anilines is 1. The van der Waals surface area contributed by atoms with Crippen LogP contribution in [0.5, 0.6) is 5.75 Å². The van der Waals surface area contributed by atoms with Gasteiger partial charge in [-0.1, -0.05) is 18.6 Å². The van der Waals surface area contributed by atoms with Gasteiger partial charge in [-0.05, 0) is 25.0 Å². The van der Waals surface area contributed by atoms with E-state index in [0.717, 1.165) is 19.3 Å². The van der Waals surface area contributed by atoms with E-state index >= 15 is 0 Å². The molecule has 2 rings (SSSR count). The van der Waals surface area contributed by atoms with E-state index in [0.29, 0.717) is 24.4 Å². The lowest BCUT2D eigenvalue weighted by Crippen LogP contribution is -2.37. The second-order valence-electron chi connectivity index (χ2n) is 4.87. The highest BCUT2D eigenvalue weighted by molar-refractivity contribution is 5.95. The molecule has 1 fully saturated rings. The Balaban J connectivity index is 1.96.